The monoisotopic (exact) mass is 451 g/mol. The second kappa shape index (κ2) is 9.91. The van der Waals surface area contributed by atoms with E-state index >= 15 is 0 Å². The predicted molar refractivity (Wildman–Crippen MR) is 128 cm³/mol. The second-order valence-electron chi connectivity index (χ2n) is 7.81. The average molecular weight is 452 g/mol. The minimum Gasteiger partial charge on any atom is -0.493 e. The zero-order chi connectivity index (χ0) is 23.4. The molecule has 0 bridgehead atoms. The maximum atomic E-state index is 13.3. The highest BCUT2D eigenvalue weighted by Crippen LogP contribution is 2.32. The van der Waals surface area contributed by atoms with Crippen molar-refractivity contribution in [3.63, 3.8) is 0 Å². The normalized spacial score (nSPS) is 15.9. The van der Waals surface area contributed by atoms with Gasteiger partial charge in [-0.25, -0.2) is 4.98 Å². The molecule has 1 amide bonds. The average Bonchev–Trinajstić information content (AvgIpc) is 2.83. The molecule has 1 atom stereocenters. The van der Waals surface area contributed by atoms with E-state index in [-0.39, 0.29) is 11.9 Å². The molecule has 0 spiro atoms. The first-order chi connectivity index (χ1) is 16.0. The number of rotatable bonds is 7. The number of nitrogens with zero attached hydrogens (tertiary/aromatic N) is 3. The Morgan fingerprint density at radius 2 is 2.06 bits per heavy atom. The maximum Gasteiger partial charge on any atom is 0.316 e. The summed E-state index contributed by atoms with van der Waals surface area (Å²) in [5.74, 6) is 0.885. The first-order valence-corrected chi connectivity index (χ1v) is 11.0. The molecule has 3 aromatic rings. The van der Waals surface area contributed by atoms with Crippen molar-refractivity contribution in [2.45, 2.75) is 19.9 Å². The number of benzene rings is 2. The smallest absolute Gasteiger partial charge is 0.316 e. The number of anilines is 2. The summed E-state index contributed by atoms with van der Waals surface area (Å²) in [6, 6.07) is 9.63. The van der Waals surface area contributed by atoms with Crippen LogP contribution in [0.25, 0.3) is 10.9 Å². The van der Waals surface area contributed by atoms with Crippen LogP contribution in [-0.4, -0.2) is 62.4 Å². The second-order valence-corrected chi connectivity index (χ2v) is 7.81. The number of nitrogens with one attached hydrogen (secondary N) is 2. The minimum atomic E-state index is -0.284. The number of methoxy groups -OCH3 is 2. The number of ether oxygens (including phenoxy) is 3. The molecule has 1 saturated heterocycles. The summed E-state index contributed by atoms with van der Waals surface area (Å²) in [6.07, 6.45) is 1.72. The Hall–Kier alpha value is -3.59. The van der Waals surface area contributed by atoms with Gasteiger partial charge in [0.2, 0.25) is 0 Å². The van der Waals surface area contributed by atoms with Crippen LogP contribution in [0.5, 0.6) is 17.5 Å². The van der Waals surface area contributed by atoms with Gasteiger partial charge in [-0.2, -0.15) is 4.98 Å². The Morgan fingerprint density at radius 1 is 1.21 bits per heavy atom. The molecule has 9 nitrogen and oxygen atoms in total. The van der Waals surface area contributed by atoms with E-state index in [1.807, 2.05) is 13.0 Å². The van der Waals surface area contributed by atoms with Crippen LogP contribution >= 0.6 is 0 Å². The summed E-state index contributed by atoms with van der Waals surface area (Å²) in [7, 11) is 3.09. The molecule has 0 radical (unpaired) electrons. The third-order valence-electron chi connectivity index (χ3n) is 5.56. The van der Waals surface area contributed by atoms with E-state index in [9.17, 15) is 4.79 Å². The summed E-state index contributed by atoms with van der Waals surface area (Å²) < 4.78 is 16.2. The lowest BCUT2D eigenvalue weighted by Crippen LogP contribution is -2.49. The topological polar surface area (TPSA) is 97.8 Å². The zero-order valence-corrected chi connectivity index (χ0v) is 19.3. The van der Waals surface area contributed by atoms with Crippen molar-refractivity contribution < 1.29 is 19.0 Å². The van der Waals surface area contributed by atoms with Crippen LogP contribution in [-0.2, 0) is 0 Å². The molecular weight excluding hydrogens is 422 g/mol. The summed E-state index contributed by atoms with van der Waals surface area (Å²) in [5, 5.41) is 7.20. The highest BCUT2D eigenvalue weighted by molar-refractivity contribution is 6.14. The molecule has 9 heteroatoms. The molecule has 2 heterocycles. The SMILES string of the molecule is CCOc1cc(NC(=O)c2ccc(N3CCNC(C)C3)c3cnc(OC)nc23)ccc1OC. The summed E-state index contributed by atoms with van der Waals surface area (Å²) in [6.45, 7) is 7.15. The van der Waals surface area contributed by atoms with E-state index in [4.69, 9.17) is 14.2 Å². The molecule has 4 rings (SSSR count). The van der Waals surface area contributed by atoms with Crippen molar-refractivity contribution in [3.8, 4) is 17.5 Å². The van der Waals surface area contributed by atoms with Crippen molar-refractivity contribution >= 4 is 28.2 Å². The minimum absolute atomic E-state index is 0.213. The zero-order valence-electron chi connectivity index (χ0n) is 19.3. The number of amides is 1. The Bertz CT molecular complexity index is 1150. The van der Waals surface area contributed by atoms with Crippen LogP contribution in [0.4, 0.5) is 11.4 Å². The Labute approximate surface area is 193 Å². The standard InChI is InChI=1S/C24H29N5O4/c1-5-33-21-12-16(6-9-20(21)31-3)27-23(30)17-7-8-19(29-11-10-25-15(2)14-29)18-13-26-24(32-4)28-22(17)18/h6-9,12-13,15,25H,5,10-11,14H2,1-4H3,(H,27,30). The van der Waals surface area contributed by atoms with Crippen LogP contribution in [0, 0.1) is 0 Å². The highest BCUT2D eigenvalue weighted by Gasteiger charge is 2.22. The summed E-state index contributed by atoms with van der Waals surface area (Å²) >= 11 is 0. The fraction of sp³-hybridized carbons (Fsp3) is 0.375. The molecule has 1 aromatic heterocycles. The van der Waals surface area contributed by atoms with E-state index in [1.165, 1.54) is 7.11 Å². The Morgan fingerprint density at radius 3 is 2.79 bits per heavy atom. The molecule has 2 aromatic carbocycles. The number of piperazine rings is 1. The van der Waals surface area contributed by atoms with Crippen LogP contribution < -0.4 is 29.7 Å². The van der Waals surface area contributed by atoms with Crippen LogP contribution in [0.15, 0.2) is 36.5 Å². The first kappa shape index (κ1) is 22.6. The summed E-state index contributed by atoms with van der Waals surface area (Å²) in [5.41, 5.74) is 2.58. The van der Waals surface area contributed by atoms with Gasteiger partial charge in [-0.3, -0.25) is 4.79 Å². The number of carbonyl (C=O) groups excluding carboxylic acids is 1. The van der Waals surface area contributed by atoms with Crippen LogP contribution in [0.2, 0.25) is 0 Å². The highest BCUT2D eigenvalue weighted by atomic mass is 16.5. The van der Waals surface area contributed by atoms with Crippen molar-refractivity contribution in [1.29, 1.82) is 0 Å². The predicted octanol–water partition coefficient (Wildman–Crippen LogP) is 3.10. The largest absolute Gasteiger partial charge is 0.493 e. The molecule has 1 aliphatic rings. The number of aromatic nitrogens is 2. The van der Waals surface area contributed by atoms with Gasteiger partial charge in [0, 0.05) is 54.7 Å². The van der Waals surface area contributed by atoms with Gasteiger partial charge in [-0.05, 0) is 38.1 Å². The maximum absolute atomic E-state index is 13.3. The molecule has 2 N–H and O–H groups in total. The van der Waals surface area contributed by atoms with Gasteiger partial charge < -0.3 is 29.7 Å². The van der Waals surface area contributed by atoms with Crippen molar-refractivity contribution in [2.24, 2.45) is 0 Å². The first-order valence-electron chi connectivity index (χ1n) is 11.0. The lowest BCUT2D eigenvalue weighted by Gasteiger charge is -2.34. The molecule has 1 aliphatic heterocycles. The third-order valence-corrected chi connectivity index (χ3v) is 5.56. The van der Waals surface area contributed by atoms with Gasteiger partial charge in [0.05, 0.1) is 31.9 Å². The van der Waals surface area contributed by atoms with Crippen LogP contribution in [0.3, 0.4) is 0 Å². The fourth-order valence-corrected chi connectivity index (χ4v) is 4.02. The van der Waals surface area contributed by atoms with Gasteiger partial charge in [-0.1, -0.05) is 0 Å². The molecule has 1 fully saturated rings. The number of hydrogen-bond acceptors (Lipinski definition) is 8. The van der Waals surface area contributed by atoms with Crippen molar-refractivity contribution in [3.05, 3.63) is 42.1 Å². The Kier molecular flexibility index (Phi) is 6.79. The van der Waals surface area contributed by atoms with Crippen molar-refractivity contribution in [1.82, 2.24) is 15.3 Å². The lowest BCUT2D eigenvalue weighted by molar-refractivity contribution is 0.102. The molecular formula is C24H29N5O4. The molecule has 1 unspecified atom stereocenters. The summed E-state index contributed by atoms with van der Waals surface area (Å²) in [4.78, 5) is 24.4. The molecule has 0 aliphatic carbocycles. The van der Waals surface area contributed by atoms with Crippen molar-refractivity contribution in [2.75, 3.05) is 50.7 Å². The fourth-order valence-electron chi connectivity index (χ4n) is 4.02. The van der Waals surface area contributed by atoms with E-state index in [0.29, 0.717) is 40.9 Å². The van der Waals surface area contributed by atoms with Gasteiger partial charge in [0.1, 0.15) is 0 Å². The number of carbonyl (C=O) groups is 1. The molecule has 0 saturated carbocycles. The van der Waals surface area contributed by atoms with Gasteiger partial charge in [-0.15, -0.1) is 0 Å². The van der Waals surface area contributed by atoms with E-state index in [0.717, 1.165) is 30.7 Å². The van der Waals surface area contributed by atoms with Gasteiger partial charge >= 0.3 is 6.01 Å². The number of fused-ring (bicyclic) bond motifs is 1. The Balaban J connectivity index is 1.70. The van der Waals surface area contributed by atoms with E-state index in [2.05, 4.69) is 32.4 Å². The third kappa shape index (κ3) is 4.78. The van der Waals surface area contributed by atoms with Gasteiger partial charge in [0.25, 0.3) is 5.91 Å². The van der Waals surface area contributed by atoms with E-state index < -0.39 is 0 Å². The molecule has 174 valence electrons. The van der Waals surface area contributed by atoms with E-state index in [1.54, 1.807) is 37.6 Å². The quantitative estimate of drug-likeness (QED) is 0.566. The molecule has 33 heavy (non-hydrogen) atoms. The lowest BCUT2D eigenvalue weighted by atomic mass is 10.1. The van der Waals surface area contributed by atoms with Gasteiger partial charge in [0.15, 0.2) is 11.5 Å². The number of hydrogen-bond donors (Lipinski definition) is 2. The van der Waals surface area contributed by atoms with Crippen LogP contribution in [0.1, 0.15) is 24.2 Å².